The first-order valence-electron chi connectivity index (χ1n) is 8.40. The van der Waals surface area contributed by atoms with Gasteiger partial charge < -0.3 is 10.2 Å². The molecular formula is C18H24N4OS. The minimum absolute atomic E-state index is 0.0296. The number of hydrogen-bond donors (Lipinski definition) is 1. The van der Waals surface area contributed by atoms with Crippen molar-refractivity contribution in [2.24, 2.45) is 0 Å². The molecule has 128 valence electrons. The summed E-state index contributed by atoms with van der Waals surface area (Å²) in [5, 5.41) is 7.41. The van der Waals surface area contributed by atoms with Gasteiger partial charge in [-0.2, -0.15) is 16.9 Å². The highest BCUT2D eigenvalue weighted by Gasteiger charge is 2.23. The number of benzene rings is 1. The zero-order valence-electron chi connectivity index (χ0n) is 14.2. The predicted molar refractivity (Wildman–Crippen MR) is 98.6 cm³/mol. The molecule has 2 amide bonds. The van der Waals surface area contributed by atoms with Crippen molar-refractivity contribution < 1.29 is 4.79 Å². The van der Waals surface area contributed by atoms with E-state index in [4.69, 9.17) is 0 Å². The van der Waals surface area contributed by atoms with Gasteiger partial charge in [-0.25, -0.2) is 9.48 Å². The highest BCUT2D eigenvalue weighted by molar-refractivity contribution is 7.99. The molecule has 1 N–H and O–H groups in total. The smallest absolute Gasteiger partial charge is 0.318 e. The zero-order valence-corrected chi connectivity index (χ0v) is 15.0. The van der Waals surface area contributed by atoms with E-state index in [2.05, 4.69) is 23.4 Å². The van der Waals surface area contributed by atoms with E-state index in [1.165, 1.54) is 0 Å². The first-order chi connectivity index (χ1) is 11.6. The van der Waals surface area contributed by atoms with Gasteiger partial charge in [0, 0.05) is 30.7 Å². The summed E-state index contributed by atoms with van der Waals surface area (Å²) in [6, 6.07) is 10.3. The molecule has 24 heavy (non-hydrogen) atoms. The van der Waals surface area contributed by atoms with Gasteiger partial charge in [0.2, 0.25) is 0 Å². The summed E-state index contributed by atoms with van der Waals surface area (Å²) < 4.78 is 1.83. The Balaban J connectivity index is 1.69. The van der Waals surface area contributed by atoms with Crippen LogP contribution in [-0.2, 0) is 0 Å². The fourth-order valence-corrected chi connectivity index (χ4v) is 3.94. The standard InChI is InChI=1S/C18H24N4OS/c1-14-7-11-24-12-10-21(14)18(23)20-15(2)16-5-3-6-17(13-16)22-9-4-8-19-22/h3-6,8-9,13-15H,7,10-12H2,1-2H3,(H,20,23)/t14-,15-/m1/s1. The average molecular weight is 344 g/mol. The van der Waals surface area contributed by atoms with Gasteiger partial charge >= 0.3 is 6.03 Å². The molecule has 1 aliphatic heterocycles. The summed E-state index contributed by atoms with van der Waals surface area (Å²) in [5.41, 5.74) is 2.08. The number of nitrogens with zero attached hydrogens (tertiary/aromatic N) is 3. The first-order valence-corrected chi connectivity index (χ1v) is 9.55. The molecule has 0 saturated carbocycles. The van der Waals surface area contributed by atoms with Crippen LogP contribution in [0.3, 0.4) is 0 Å². The molecule has 2 atom stereocenters. The lowest BCUT2D eigenvalue weighted by molar-refractivity contribution is 0.180. The summed E-state index contributed by atoms with van der Waals surface area (Å²) in [6.07, 6.45) is 4.73. The van der Waals surface area contributed by atoms with Crippen molar-refractivity contribution in [3.05, 3.63) is 48.3 Å². The van der Waals surface area contributed by atoms with E-state index >= 15 is 0 Å². The van der Waals surface area contributed by atoms with Crippen LogP contribution in [0.2, 0.25) is 0 Å². The number of aromatic nitrogens is 2. The number of hydrogen-bond acceptors (Lipinski definition) is 3. The zero-order chi connectivity index (χ0) is 16.9. The highest BCUT2D eigenvalue weighted by Crippen LogP contribution is 2.19. The Bertz CT molecular complexity index is 673. The molecule has 5 nitrogen and oxygen atoms in total. The lowest BCUT2D eigenvalue weighted by Gasteiger charge is -2.29. The van der Waals surface area contributed by atoms with Gasteiger partial charge in [-0.3, -0.25) is 0 Å². The van der Waals surface area contributed by atoms with Gasteiger partial charge in [0.25, 0.3) is 0 Å². The van der Waals surface area contributed by atoms with Crippen LogP contribution in [-0.4, -0.2) is 44.8 Å². The third-order valence-corrected chi connectivity index (χ3v) is 5.42. The Kier molecular flexibility index (Phi) is 5.45. The van der Waals surface area contributed by atoms with Crippen LogP contribution in [0, 0.1) is 0 Å². The van der Waals surface area contributed by atoms with Crippen LogP contribution in [0.4, 0.5) is 4.79 Å². The number of carbonyl (C=O) groups is 1. The monoisotopic (exact) mass is 344 g/mol. The Labute approximate surface area is 147 Å². The van der Waals surface area contributed by atoms with Gasteiger partial charge in [0.05, 0.1) is 11.7 Å². The van der Waals surface area contributed by atoms with E-state index in [0.29, 0.717) is 6.04 Å². The van der Waals surface area contributed by atoms with E-state index in [9.17, 15) is 4.79 Å². The fraction of sp³-hybridized carbons (Fsp3) is 0.444. The minimum Gasteiger partial charge on any atom is -0.331 e. The Morgan fingerprint density at radius 3 is 3.04 bits per heavy atom. The molecule has 1 fully saturated rings. The number of carbonyl (C=O) groups excluding carboxylic acids is 1. The highest BCUT2D eigenvalue weighted by atomic mass is 32.2. The molecule has 2 aromatic rings. The lowest BCUT2D eigenvalue weighted by Crippen LogP contribution is -2.46. The number of rotatable bonds is 3. The SMILES string of the molecule is C[C@@H]1CCSCCN1C(=O)N[C@H](C)c1cccc(-n2cccn2)c1. The van der Waals surface area contributed by atoms with Gasteiger partial charge in [-0.15, -0.1) is 0 Å². The third-order valence-electron chi connectivity index (χ3n) is 4.43. The molecule has 0 radical (unpaired) electrons. The fourth-order valence-electron chi connectivity index (χ4n) is 2.91. The second-order valence-electron chi connectivity index (χ2n) is 6.16. The van der Waals surface area contributed by atoms with Crippen LogP contribution in [0.25, 0.3) is 5.69 Å². The van der Waals surface area contributed by atoms with Gasteiger partial charge in [-0.1, -0.05) is 12.1 Å². The van der Waals surface area contributed by atoms with Crippen molar-refractivity contribution in [1.29, 1.82) is 0 Å². The second kappa shape index (κ2) is 7.75. The normalized spacial score (nSPS) is 19.6. The van der Waals surface area contributed by atoms with Crippen molar-refractivity contribution in [3.8, 4) is 5.69 Å². The average Bonchev–Trinajstić information content (AvgIpc) is 3.04. The Hall–Kier alpha value is -1.95. The Morgan fingerprint density at radius 1 is 1.38 bits per heavy atom. The van der Waals surface area contributed by atoms with Gasteiger partial charge in [0.15, 0.2) is 0 Å². The summed E-state index contributed by atoms with van der Waals surface area (Å²) >= 11 is 1.92. The Morgan fingerprint density at radius 2 is 2.25 bits per heavy atom. The van der Waals surface area contributed by atoms with Crippen molar-refractivity contribution >= 4 is 17.8 Å². The van der Waals surface area contributed by atoms with E-state index in [1.54, 1.807) is 6.20 Å². The minimum atomic E-state index is -0.0453. The van der Waals surface area contributed by atoms with Gasteiger partial charge in [0.1, 0.15) is 0 Å². The summed E-state index contributed by atoms with van der Waals surface area (Å²) in [4.78, 5) is 14.6. The summed E-state index contributed by atoms with van der Waals surface area (Å²) in [6.45, 7) is 4.98. The maximum Gasteiger partial charge on any atom is 0.318 e. The molecule has 2 heterocycles. The van der Waals surface area contributed by atoms with Crippen molar-refractivity contribution in [2.75, 3.05) is 18.1 Å². The molecular weight excluding hydrogens is 320 g/mol. The summed E-state index contributed by atoms with van der Waals surface area (Å²) in [7, 11) is 0. The molecule has 0 unspecified atom stereocenters. The topological polar surface area (TPSA) is 50.2 Å². The number of nitrogens with one attached hydrogen (secondary N) is 1. The van der Waals surface area contributed by atoms with E-state index < -0.39 is 0 Å². The molecule has 0 bridgehead atoms. The molecule has 1 aromatic carbocycles. The molecule has 1 aromatic heterocycles. The lowest BCUT2D eigenvalue weighted by atomic mass is 10.1. The van der Waals surface area contributed by atoms with Crippen LogP contribution in [0.15, 0.2) is 42.7 Å². The molecule has 3 rings (SSSR count). The molecule has 1 saturated heterocycles. The molecule has 1 aliphatic rings. The van der Waals surface area contributed by atoms with Crippen LogP contribution in [0.5, 0.6) is 0 Å². The third kappa shape index (κ3) is 3.93. The predicted octanol–water partition coefficient (Wildman–Crippen LogP) is 3.47. The van der Waals surface area contributed by atoms with E-state index in [0.717, 1.165) is 35.7 Å². The van der Waals surface area contributed by atoms with E-state index in [-0.39, 0.29) is 12.1 Å². The second-order valence-corrected chi connectivity index (χ2v) is 7.39. The first kappa shape index (κ1) is 16.9. The van der Waals surface area contributed by atoms with Gasteiger partial charge in [-0.05, 0) is 49.8 Å². The molecule has 0 spiro atoms. The van der Waals surface area contributed by atoms with Crippen LogP contribution < -0.4 is 5.32 Å². The maximum absolute atomic E-state index is 12.6. The summed E-state index contributed by atoms with van der Waals surface area (Å²) in [5.74, 6) is 2.15. The van der Waals surface area contributed by atoms with E-state index in [1.807, 2.05) is 58.7 Å². The maximum atomic E-state index is 12.6. The largest absolute Gasteiger partial charge is 0.331 e. The van der Waals surface area contributed by atoms with Crippen molar-refractivity contribution in [2.45, 2.75) is 32.4 Å². The quantitative estimate of drug-likeness (QED) is 0.927. The number of urea groups is 1. The van der Waals surface area contributed by atoms with Crippen molar-refractivity contribution in [1.82, 2.24) is 20.0 Å². The number of amides is 2. The molecule has 0 aliphatic carbocycles. The molecule has 6 heteroatoms. The van der Waals surface area contributed by atoms with Crippen LogP contribution >= 0.6 is 11.8 Å². The van der Waals surface area contributed by atoms with Crippen LogP contribution in [0.1, 0.15) is 31.9 Å². The van der Waals surface area contributed by atoms with Crippen molar-refractivity contribution in [3.63, 3.8) is 0 Å². The number of thioether (sulfide) groups is 1.